The molecule has 0 amide bonds. The molecule has 0 unspecified atom stereocenters. The maximum absolute atomic E-state index is 8.70. The molecule has 2 nitrogen and oxygen atoms in total. The quantitative estimate of drug-likeness (QED) is 0.426. The standard InChI is InChI=1S/C23H28N2/c1-18(11-13-21(16-24)17-25)8-6-9-19(2)12-14-22-20(3)10-7-15-23(22,4)5/h6,8-9,11-14H,7,10,15H2,1-5H3/b8-6+,14-12+,18-11+,19-9+. The summed E-state index contributed by atoms with van der Waals surface area (Å²) >= 11 is 0. The SMILES string of the molecule is CC1=C(/C=C/C(C)=C/C=C/C(C)=C/C=C(C#N)C#N)C(C)(C)CCC1. The van der Waals surface area contributed by atoms with Crippen LogP contribution in [0.5, 0.6) is 0 Å². The Morgan fingerprint density at radius 2 is 1.64 bits per heavy atom. The molecule has 2 heteroatoms. The third-order valence-electron chi connectivity index (χ3n) is 4.53. The Hall–Kier alpha value is -2.58. The van der Waals surface area contributed by atoms with Gasteiger partial charge in [0.05, 0.1) is 0 Å². The van der Waals surface area contributed by atoms with E-state index in [1.807, 2.05) is 31.2 Å². The van der Waals surface area contributed by atoms with Crippen LogP contribution in [0, 0.1) is 28.1 Å². The zero-order valence-electron chi connectivity index (χ0n) is 16.1. The number of hydrogen-bond donors (Lipinski definition) is 0. The van der Waals surface area contributed by atoms with Gasteiger partial charge < -0.3 is 0 Å². The first-order valence-electron chi connectivity index (χ1n) is 8.72. The molecule has 1 aliphatic rings. The fraction of sp³-hybridized carbons (Fsp3) is 0.391. The van der Waals surface area contributed by atoms with Crippen LogP contribution < -0.4 is 0 Å². The van der Waals surface area contributed by atoms with Crippen LogP contribution in [0.4, 0.5) is 0 Å². The summed E-state index contributed by atoms with van der Waals surface area (Å²) < 4.78 is 0. The molecular weight excluding hydrogens is 304 g/mol. The third kappa shape index (κ3) is 6.82. The van der Waals surface area contributed by atoms with Crippen molar-refractivity contribution in [3.8, 4) is 12.1 Å². The van der Waals surface area contributed by atoms with Crippen LogP contribution in [0.25, 0.3) is 0 Å². The molecule has 0 bridgehead atoms. The Balaban J connectivity index is 2.80. The highest BCUT2D eigenvalue weighted by atomic mass is 14.3. The normalized spacial score (nSPS) is 18.4. The van der Waals surface area contributed by atoms with Crippen molar-refractivity contribution in [2.45, 2.75) is 53.9 Å². The summed E-state index contributed by atoms with van der Waals surface area (Å²) in [6.07, 6.45) is 17.5. The summed E-state index contributed by atoms with van der Waals surface area (Å²) in [7, 11) is 0. The highest BCUT2D eigenvalue weighted by Crippen LogP contribution is 2.40. The van der Waals surface area contributed by atoms with Crippen LogP contribution in [-0.4, -0.2) is 0 Å². The maximum Gasteiger partial charge on any atom is 0.129 e. The summed E-state index contributed by atoms with van der Waals surface area (Å²) in [5, 5.41) is 17.4. The van der Waals surface area contributed by atoms with E-state index < -0.39 is 0 Å². The van der Waals surface area contributed by atoms with Crippen molar-refractivity contribution in [2.75, 3.05) is 0 Å². The fourth-order valence-corrected chi connectivity index (χ4v) is 3.00. The van der Waals surface area contributed by atoms with E-state index in [0.29, 0.717) is 0 Å². The van der Waals surface area contributed by atoms with Crippen molar-refractivity contribution in [2.24, 2.45) is 5.41 Å². The van der Waals surface area contributed by atoms with E-state index in [-0.39, 0.29) is 11.0 Å². The van der Waals surface area contributed by atoms with Crippen LogP contribution >= 0.6 is 0 Å². The lowest BCUT2D eigenvalue weighted by Crippen LogP contribution is -2.19. The number of allylic oxidation sites excluding steroid dienone is 12. The number of nitriles is 2. The number of hydrogen-bond acceptors (Lipinski definition) is 2. The zero-order valence-corrected chi connectivity index (χ0v) is 16.1. The van der Waals surface area contributed by atoms with Gasteiger partial charge in [-0.1, -0.05) is 67.0 Å². The maximum atomic E-state index is 8.70. The van der Waals surface area contributed by atoms with Gasteiger partial charge in [-0.3, -0.25) is 0 Å². The Morgan fingerprint density at radius 1 is 1.00 bits per heavy atom. The first kappa shape index (κ1) is 20.5. The Labute approximate surface area is 152 Å². The van der Waals surface area contributed by atoms with Crippen molar-refractivity contribution >= 4 is 0 Å². The second kappa shape index (κ2) is 9.65. The van der Waals surface area contributed by atoms with Gasteiger partial charge in [0.25, 0.3) is 0 Å². The Kier molecular flexibility index (Phi) is 7.90. The molecule has 1 aliphatic carbocycles. The predicted molar refractivity (Wildman–Crippen MR) is 105 cm³/mol. The smallest absolute Gasteiger partial charge is 0.129 e. The van der Waals surface area contributed by atoms with Crippen LogP contribution in [0.1, 0.15) is 53.9 Å². The first-order chi connectivity index (χ1) is 11.8. The van der Waals surface area contributed by atoms with E-state index in [2.05, 4.69) is 45.9 Å². The van der Waals surface area contributed by atoms with E-state index in [1.54, 1.807) is 6.08 Å². The molecule has 0 atom stereocenters. The molecule has 130 valence electrons. The lowest BCUT2D eigenvalue weighted by molar-refractivity contribution is 0.377. The van der Waals surface area contributed by atoms with E-state index >= 15 is 0 Å². The van der Waals surface area contributed by atoms with Crippen molar-refractivity contribution in [1.29, 1.82) is 10.5 Å². The largest absolute Gasteiger partial charge is 0.192 e. The third-order valence-corrected chi connectivity index (χ3v) is 4.53. The van der Waals surface area contributed by atoms with Gasteiger partial charge in [0, 0.05) is 0 Å². The lowest BCUT2D eigenvalue weighted by atomic mass is 9.72. The molecule has 0 fully saturated rings. The fourth-order valence-electron chi connectivity index (χ4n) is 3.00. The van der Waals surface area contributed by atoms with Gasteiger partial charge in [0.1, 0.15) is 17.7 Å². The average Bonchev–Trinajstić information content (AvgIpc) is 2.54. The molecule has 25 heavy (non-hydrogen) atoms. The highest BCUT2D eigenvalue weighted by molar-refractivity contribution is 5.40. The monoisotopic (exact) mass is 332 g/mol. The molecule has 0 radical (unpaired) electrons. The van der Waals surface area contributed by atoms with Gasteiger partial charge in [-0.25, -0.2) is 0 Å². The molecule has 0 spiro atoms. The molecule has 0 saturated carbocycles. The molecule has 0 N–H and O–H groups in total. The second-order valence-electron chi connectivity index (χ2n) is 7.25. The summed E-state index contributed by atoms with van der Waals surface area (Å²) in [5.74, 6) is 0. The van der Waals surface area contributed by atoms with E-state index in [9.17, 15) is 0 Å². The van der Waals surface area contributed by atoms with Crippen LogP contribution in [0.15, 0.2) is 70.4 Å². The molecular formula is C23H28N2. The van der Waals surface area contributed by atoms with Crippen molar-refractivity contribution < 1.29 is 0 Å². The Morgan fingerprint density at radius 3 is 2.24 bits per heavy atom. The van der Waals surface area contributed by atoms with Crippen LogP contribution in [-0.2, 0) is 0 Å². The van der Waals surface area contributed by atoms with Crippen LogP contribution in [0.3, 0.4) is 0 Å². The minimum absolute atomic E-state index is 0.112. The lowest BCUT2D eigenvalue weighted by Gasteiger charge is -2.32. The van der Waals surface area contributed by atoms with Crippen molar-refractivity contribution in [1.82, 2.24) is 0 Å². The minimum Gasteiger partial charge on any atom is -0.192 e. The van der Waals surface area contributed by atoms with E-state index in [1.165, 1.54) is 42.1 Å². The average molecular weight is 332 g/mol. The molecule has 0 aliphatic heterocycles. The molecule has 0 saturated heterocycles. The van der Waals surface area contributed by atoms with E-state index in [0.717, 1.165) is 5.57 Å². The van der Waals surface area contributed by atoms with Gasteiger partial charge in [-0.05, 0) is 57.1 Å². The number of rotatable bonds is 5. The summed E-state index contributed by atoms with van der Waals surface area (Å²) in [6.45, 7) is 10.9. The topological polar surface area (TPSA) is 47.6 Å². The minimum atomic E-state index is 0.112. The van der Waals surface area contributed by atoms with Gasteiger partial charge in [0.15, 0.2) is 0 Å². The van der Waals surface area contributed by atoms with Crippen molar-refractivity contribution in [3.05, 3.63) is 70.4 Å². The Bertz CT molecular complexity index is 735. The predicted octanol–water partition coefficient (Wildman–Crippen LogP) is 6.49. The zero-order chi connectivity index (χ0) is 18.9. The molecule has 1 rings (SSSR count). The first-order valence-corrected chi connectivity index (χ1v) is 8.72. The number of nitrogens with zero attached hydrogens (tertiary/aromatic N) is 2. The molecule has 0 aromatic heterocycles. The van der Waals surface area contributed by atoms with E-state index in [4.69, 9.17) is 10.5 Å². The van der Waals surface area contributed by atoms with Gasteiger partial charge in [-0.2, -0.15) is 10.5 Å². The molecule has 0 aromatic rings. The van der Waals surface area contributed by atoms with Gasteiger partial charge >= 0.3 is 0 Å². The molecule has 0 aromatic carbocycles. The van der Waals surface area contributed by atoms with Gasteiger partial charge in [-0.15, -0.1) is 0 Å². The van der Waals surface area contributed by atoms with Gasteiger partial charge in [0.2, 0.25) is 0 Å². The van der Waals surface area contributed by atoms with Crippen LogP contribution in [0.2, 0.25) is 0 Å². The summed E-state index contributed by atoms with van der Waals surface area (Å²) in [5.41, 5.74) is 5.53. The second-order valence-corrected chi connectivity index (χ2v) is 7.25. The summed E-state index contributed by atoms with van der Waals surface area (Å²) in [6, 6.07) is 3.69. The summed E-state index contributed by atoms with van der Waals surface area (Å²) in [4.78, 5) is 0. The highest BCUT2D eigenvalue weighted by Gasteiger charge is 2.26. The molecule has 0 heterocycles. The van der Waals surface area contributed by atoms with Crippen molar-refractivity contribution in [3.63, 3.8) is 0 Å².